The van der Waals surface area contributed by atoms with Crippen LogP contribution < -0.4 is 10.6 Å². The molecule has 2 fully saturated rings. The number of hydrogen-bond acceptors (Lipinski definition) is 6. The Morgan fingerprint density at radius 2 is 1.60 bits per heavy atom. The number of nitrogens with one attached hydrogen (secondary N) is 2. The lowest BCUT2D eigenvalue weighted by atomic mass is 9.78. The van der Waals surface area contributed by atoms with Gasteiger partial charge in [0.25, 0.3) is 5.91 Å². The zero-order valence-electron chi connectivity index (χ0n) is 21.9. The molecule has 0 bridgehead atoms. The van der Waals surface area contributed by atoms with Gasteiger partial charge >= 0.3 is 0 Å². The predicted octanol–water partition coefficient (Wildman–Crippen LogP) is 5.78. The first-order chi connectivity index (χ1) is 19.2. The zero-order chi connectivity index (χ0) is 28.0. The Kier molecular flexibility index (Phi) is 6.28. The normalized spacial score (nSPS) is 19.0. The number of furan rings is 1. The Morgan fingerprint density at radius 1 is 0.900 bits per heavy atom. The number of amides is 2. The van der Waals surface area contributed by atoms with Crippen molar-refractivity contribution in [1.29, 1.82) is 0 Å². The number of fused-ring (bicyclic) bond motifs is 1. The van der Waals surface area contributed by atoms with Gasteiger partial charge in [-0.3, -0.25) is 14.6 Å². The predicted molar refractivity (Wildman–Crippen MR) is 145 cm³/mol. The summed E-state index contributed by atoms with van der Waals surface area (Å²) in [7, 11) is 1.62. The van der Waals surface area contributed by atoms with E-state index < -0.39 is 41.7 Å². The molecule has 0 aliphatic heterocycles. The summed E-state index contributed by atoms with van der Waals surface area (Å²) in [5, 5.41) is 10.1. The number of rotatable bonds is 7. The quantitative estimate of drug-likeness (QED) is 0.286. The fraction of sp³-hybridized carbons (Fsp3) is 0.333. The number of carbonyl (C=O) groups excluding carboxylic acids is 2. The van der Waals surface area contributed by atoms with Crippen molar-refractivity contribution in [2.24, 2.45) is 4.99 Å². The molecule has 0 saturated heterocycles. The molecule has 4 aromatic rings. The summed E-state index contributed by atoms with van der Waals surface area (Å²) in [6.45, 7) is 0. The minimum Gasteiger partial charge on any atom is -0.451 e. The average Bonchev–Trinajstić information content (AvgIpc) is 3.32. The lowest BCUT2D eigenvalue weighted by Crippen LogP contribution is -2.63. The molecule has 2 N–H and O–H groups in total. The summed E-state index contributed by atoms with van der Waals surface area (Å²) < 4.78 is 39.2. The Labute approximate surface area is 228 Å². The zero-order valence-corrected chi connectivity index (χ0v) is 21.9. The van der Waals surface area contributed by atoms with Crippen LogP contribution in [-0.4, -0.2) is 47.2 Å². The smallest absolute Gasteiger partial charge is 0.287 e. The molecule has 10 heteroatoms. The van der Waals surface area contributed by atoms with E-state index >= 15 is 0 Å². The van der Waals surface area contributed by atoms with Crippen molar-refractivity contribution in [2.45, 2.75) is 55.5 Å². The third-order valence-electron chi connectivity index (χ3n) is 7.83. The van der Waals surface area contributed by atoms with E-state index in [-0.39, 0.29) is 18.6 Å². The standard InChI is InChI=1S/C30H28F2N4O4/c1-33-18-28(9-10-28)36-27(38)29(11-13-30(31,32)14-12-29)35-26(37)25-17-22-7-6-21(16-24(22)39-25)19-2-4-20(5-3-19)23-8-15-34-40-23/h2-8,15-18H,9-14H2,1H3,(H,35,37)(H,36,38). The number of benzene rings is 2. The van der Waals surface area contributed by atoms with Crippen molar-refractivity contribution in [3.05, 3.63) is 66.6 Å². The monoisotopic (exact) mass is 546 g/mol. The first-order valence-electron chi connectivity index (χ1n) is 13.2. The van der Waals surface area contributed by atoms with Gasteiger partial charge in [0.1, 0.15) is 11.1 Å². The fourth-order valence-electron chi connectivity index (χ4n) is 5.26. The van der Waals surface area contributed by atoms with Crippen LogP contribution >= 0.6 is 0 Å². The topological polar surface area (TPSA) is 110 Å². The van der Waals surface area contributed by atoms with E-state index in [0.29, 0.717) is 29.6 Å². The molecular formula is C30H28F2N4O4. The van der Waals surface area contributed by atoms with Crippen molar-refractivity contribution in [3.8, 4) is 22.5 Å². The third-order valence-corrected chi connectivity index (χ3v) is 7.83. The van der Waals surface area contributed by atoms with Crippen molar-refractivity contribution in [1.82, 2.24) is 15.8 Å². The average molecular weight is 547 g/mol. The minimum atomic E-state index is -2.88. The van der Waals surface area contributed by atoms with Gasteiger partial charge in [-0.2, -0.15) is 0 Å². The molecule has 2 saturated carbocycles. The molecule has 2 aliphatic rings. The molecule has 2 amide bonds. The van der Waals surface area contributed by atoms with Crippen LogP contribution in [0.3, 0.4) is 0 Å². The number of halogens is 2. The molecule has 0 radical (unpaired) electrons. The van der Waals surface area contributed by atoms with Gasteiger partial charge in [0.15, 0.2) is 11.5 Å². The number of carbonyl (C=O) groups is 2. The molecule has 6 rings (SSSR count). The summed E-state index contributed by atoms with van der Waals surface area (Å²) in [5.74, 6) is -3.29. The number of alkyl halides is 2. The van der Waals surface area contributed by atoms with Gasteiger partial charge in [-0.15, -0.1) is 0 Å². The van der Waals surface area contributed by atoms with Gasteiger partial charge in [-0.1, -0.05) is 41.6 Å². The SMILES string of the molecule is CN=CC1(NC(=O)C2(NC(=O)c3cc4ccc(-c5ccc(-c6ccno6)cc5)cc4o3)CCC(F)(F)CC2)CC1. The highest BCUT2D eigenvalue weighted by Crippen LogP contribution is 2.41. The Balaban J connectivity index is 1.23. The first kappa shape index (κ1) is 25.9. The Hall–Kier alpha value is -4.34. The van der Waals surface area contributed by atoms with Crippen molar-refractivity contribution in [3.63, 3.8) is 0 Å². The largest absolute Gasteiger partial charge is 0.451 e. The summed E-state index contributed by atoms with van der Waals surface area (Å²) in [5.41, 5.74) is 1.17. The molecule has 2 heterocycles. The summed E-state index contributed by atoms with van der Waals surface area (Å²) in [4.78, 5) is 30.8. The van der Waals surface area contributed by atoms with Crippen LogP contribution in [0.5, 0.6) is 0 Å². The van der Waals surface area contributed by atoms with Crippen LogP contribution in [0.15, 0.2) is 74.7 Å². The second-order valence-electron chi connectivity index (χ2n) is 10.7. The lowest BCUT2D eigenvalue weighted by Gasteiger charge is -2.39. The molecule has 2 aliphatic carbocycles. The van der Waals surface area contributed by atoms with E-state index in [4.69, 9.17) is 8.94 Å². The second-order valence-corrected chi connectivity index (χ2v) is 10.7. The van der Waals surface area contributed by atoms with E-state index in [9.17, 15) is 18.4 Å². The maximum atomic E-state index is 14.1. The summed E-state index contributed by atoms with van der Waals surface area (Å²) >= 11 is 0. The molecular weight excluding hydrogens is 518 g/mol. The lowest BCUT2D eigenvalue weighted by molar-refractivity contribution is -0.133. The highest BCUT2D eigenvalue weighted by atomic mass is 19.3. The first-order valence-corrected chi connectivity index (χ1v) is 13.2. The summed E-state index contributed by atoms with van der Waals surface area (Å²) in [6, 6.07) is 16.7. The number of aromatic nitrogens is 1. The fourth-order valence-corrected chi connectivity index (χ4v) is 5.26. The molecule has 206 valence electrons. The van der Waals surface area contributed by atoms with Gasteiger partial charge < -0.3 is 19.6 Å². The van der Waals surface area contributed by atoms with Crippen LogP contribution in [0.25, 0.3) is 33.4 Å². The van der Waals surface area contributed by atoms with Gasteiger partial charge in [-0.05, 0) is 48.9 Å². The van der Waals surface area contributed by atoms with Crippen LogP contribution in [0.2, 0.25) is 0 Å². The van der Waals surface area contributed by atoms with Gasteiger partial charge in [0, 0.05) is 43.1 Å². The van der Waals surface area contributed by atoms with Crippen LogP contribution in [0.1, 0.15) is 49.1 Å². The Bertz CT molecular complexity index is 1580. The molecule has 8 nitrogen and oxygen atoms in total. The van der Waals surface area contributed by atoms with E-state index in [2.05, 4.69) is 20.8 Å². The highest BCUT2D eigenvalue weighted by molar-refractivity contribution is 6.01. The molecule has 40 heavy (non-hydrogen) atoms. The van der Waals surface area contributed by atoms with Gasteiger partial charge in [0.2, 0.25) is 11.8 Å². The molecule has 0 spiro atoms. The van der Waals surface area contributed by atoms with Crippen molar-refractivity contribution < 1.29 is 27.3 Å². The molecule has 2 aromatic carbocycles. The number of aliphatic imine (C=N–C) groups is 1. The van der Waals surface area contributed by atoms with Gasteiger partial charge in [-0.25, -0.2) is 8.78 Å². The maximum absolute atomic E-state index is 14.1. The van der Waals surface area contributed by atoms with Crippen LogP contribution in [-0.2, 0) is 4.79 Å². The van der Waals surface area contributed by atoms with E-state index in [1.165, 1.54) is 0 Å². The third kappa shape index (κ3) is 5.01. The number of nitrogens with zero attached hydrogens (tertiary/aromatic N) is 2. The van der Waals surface area contributed by atoms with E-state index in [1.54, 1.807) is 31.6 Å². The van der Waals surface area contributed by atoms with Crippen LogP contribution in [0, 0.1) is 0 Å². The number of hydrogen-bond donors (Lipinski definition) is 2. The van der Waals surface area contributed by atoms with Crippen molar-refractivity contribution in [2.75, 3.05) is 7.05 Å². The van der Waals surface area contributed by atoms with Crippen molar-refractivity contribution >= 4 is 29.0 Å². The summed E-state index contributed by atoms with van der Waals surface area (Å²) in [6.07, 6.45) is 3.34. The van der Waals surface area contributed by atoms with Gasteiger partial charge in [0.05, 0.1) is 11.7 Å². The van der Waals surface area contributed by atoms with Crippen LogP contribution in [0.4, 0.5) is 8.78 Å². The molecule has 2 aromatic heterocycles. The van der Waals surface area contributed by atoms with E-state index in [1.807, 2.05) is 42.5 Å². The molecule has 0 atom stereocenters. The minimum absolute atomic E-state index is 0.00795. The Morgan fingerprint density at radius 3 is 2.25 bits per heavy atom. The van der Waals surface area contributed by atoms with E-state index in [0.717, 1.165) is 16.7 Å². The second kappa shape index (κ2) is 9.69. The maximum Gasteiger partial charge on any atom is 0.287 e. The highest BCUT2D eigenvalue weighted by Gasteiger charge is 2.52. The molecule has 0 unspecified atom stereocenters.